The van der Waals surface area contributed by atoms with E-state index in [1.807, 2.05) is 37.3 Å². The number of hydrogen-bond donors (Lipinski definition) is 1. The lowest BCUT2D eigenvalue weighted by atomic mass is 10.2. The van der Waals surface area contributed by atoms with E-state index in [1.165, 1.54) is 0 Å². The summed E-state index contributed by atoms with van der Waals surface area (Å²) in [6.45, 7) is 2.71. The van der Waals surface area contributed by atoms with Gasteiger partial charge in [-0.05, 0) is 25.1 Å². The normalized spacial score (nSPS) is 10.9. The van der Waals surface area contributed by atoms with Crippen LogP contribution < -0.4 is 5.32 Å². The van der Waals surface area contributed by atoms with Gasteiger partial charge in [-0.15, -0.1) is 0 Å². The van der Waals surface area contributed by atoms with Gasteiger partial charge in [0.15, 0.2) is 5.76 Å². The molecule has 0 spiro atoms. The molecule has 2 heterocycles. The van der Waals surface area contributed by atoms with E-state index < -0.39 is 0 Å². The van der Waals surface area contributed by atoms with Crippen molar-refractivity contribution in [1.82, 2.24) is 4.98 Å². The third-order valence-corrected chi connectivity index (χ3v) is 3.51. The van der Waals surface area contributed by atoms with Crippen LogP contribution in [0.15, 0.2) is 40.8 Å². The van der Waals surface area contributed by atoms with E-state index in [1.54, 1.807) is 6.07 Å². The first-order valence-corrected chi connectivity index (χ1v) is 7.03. The molecule has 0 fully saturated rings. The molecule has 0 amide bonds. The van der Waals surface area contributed by atoms with Gasteiger partial charge < -0.3 is 9.73 Å². The lowest BCUT2D eigenvalue weighted by Gasteiger charge is -2.08. The van der Waals surface area contributed by atoms with Crippen molar-refractivity contribution in [3.63, 3.8) is 0 Å². The van der Waals surface area contributed by atoms with E-state index in [0.29, 0.717) is 27.3 Å². The second-order valence-electron chi connectivity index (χ2n) is 4.33. The average molecular weight is 307 g/mol. The molecule has 3 aromatic rings. The minimum Gasteiger partial charge on any atom is -0.454 e. The molecule has 0 aliphatic carbocycles. The van der Waals surface area contributed by atoms with Gasteiger partial charge in [-0.25, -0.2) is 4.98 Å². The molecule has 0 radical (unpaired) electrons. The van der Waals surface area contributed by atoms with Crippen LogP contribution >= 0.6 is 23.2 Å². The van der Waals surface area contributed by atoms with E-state index in [0.717, 1.165) is 17.5 Å². The maximum Gasteiger partial charge on any atom is 0.155 e. The van der Waals surface area contributed by atoms with Crippen LogP contribution in [0.2, 0.25) is 10.0 Å². The lowest BCUT2D eigenvalue weighted by molar-refractivity contribution is 0.629. The van der Waals surface area contributed by atoms with Crippen molar-refractivity contribution in [3.8, 4) is 11.5 Å². The fourth-order valence-corrected chi connectivity index (χ4v) is 2.55. The first kappa shape index (κ1) is 13.3. The highest BCUT2D eigenvalue weighted by molar-refractivity contribution is 6.37. The van der Waals surface area contributed by atoms with Crippen molar-refractivity contribution in [2.45, 2.75) is 6.92 Å². The van der Waals surface area contributed by atoms with Gasteiger partial charge in [0.05, 0.1) is 10.0 Å². The summed E-state index contributed by atoms with van der Waals surface area (Å²) in [6, 6.07) is 11.4. The van der Waals surface area contributed by atoms with E-state index >= 15 is 0 Å². The second-order valence-corrected chi connectivity index (χ2v) is 5.14. The van der Waals surface area contributed by atoms with Gasteiger partial charge in [-0.2, -0.15) is 0 Å². The third-order valence-electron chi connectivity index (χ3n) is 2.93. The first-order chi connectivity index (χ1) is 9.69. The third kappa shape index (κ3) is 2.35. The average Bonchev–Trinajstić information content (AvgIpc) is 2.85. The Morgan fingerprint density at radius 3 is 2.70 bits per heavy atom. The predicted octanol–water partition coefficient (Wildman–Crippen LogP) is 5.23. The van der Waals surface area contributed by atoms with Gasteiger partial charge in [0, 0.05) is 11.9 Å². The Labute approximate surface area is 126 Å². The molecule has 1 aromatic carbocycles. The highest BCUT2D eigenvalue weighted by Gasteiger charge is 2.14. The molecular weight excluding hydrogens is 295 g/mol. The molecule has 5 heteroatoms. The van der Waals surface area contributed by atoms with Crippen LogP contribution in [0.1, 0.15) is 6.92 Å². The van der Waals surface area contributed by atoms with Gasteiger partial charge >= 0.3 is 0 Å². The van der Waals surface area contributed by atoms with Crippen LogP contribution in [0, 0.1) is 0 Å². The molecule has 0 bridgehead atoms. The van der Waals surface area contributed by atoms with Gasteiger partial charge in [0.25, 0.3) is 0 Å². The Bertz CT molecular complexity index is 735. The molecule has 0 saturated heterocycles. The summed E-state index contributed by atoms with van der Waals surface area (Å²) in [5, 5.41) is 5.08. The van der Waals surface area contributed by atoms with Crippen molar-refractivity contribution >= 4 is 40.0 Å². The van der Waals surface area contributed by atoms with Crippen molar-refractivity contribution in [2.75, 3.05) is 11.9 Å². The number of para-hydroxylation sites is 1. The van der Waals surface area contributed by atoms with Crippen molar-refractivity contribution in [1.29, 1.82) is 0 Å². The summed E-state index contributed by atoms with van der Waals surface area (Å²) >= 11 is 12.3. The minimum absolute atomic E-state index is 0.468. The number of rotatable bonds is 3. The van der Waals surface area contributed by atoms with Crippen LogP contribution in [0.5, 0.6) is 0 Å². The zero-order valence-electron chi connectivity index (χ0n) is 10.8. The van der Waals surface area contributed by atoms with Gasteiger partial charge in [0.2, 0.25) is 0 Å². The summed E-state index contributed by atoms with van der Waals surface area (Å²) in [5.41, 5.74) is 1.39. The summed E-state index contributed by atoms with van der Waals surface area (Å²) < 4.78 is 5.79. The smallest absolute Gasteiger partial charge is 0.155 e. The molecular formula is C15H12Cl2N2O. The summed E-state index contributed by atoms with van der Waals surface area (Å²) in [6.07, 6.45) is 0. The molecule has 20 heavy (non-hydrogen) atoms. The second kappa shape index (κ2) is 5.35. The van der Waals surface area contributed by atoms with Crippen LogP contribution in [-0.4, -0.2) is 11.5 Å². The number of furan rings is 1. The van der Waals surface area contributed by atoms with Crippen LogP contribution in [0.25, 0.3) is 22.4 Å². The Morgan fingerprint density at radius 1 is 1.15 bits per heavy atom. The van der Waals surface area contributed by atoms with Crippen molar-refractivity contribution < 1.29 is 4.42 Å². The van der Waals surface area contributed by atoms with Crippen molar-refractivity contribution in [2.24, 2.45) is 0 Å². The fraction of sp³-hybridized carbons (Fsp3) is 0.133. The number of hydrogen-bond acceptors (Lipinski definition) is 3. The van der Waals surface area contributed by atoms with Gasteiger partial charge in [-0.3, -0.25) is 0 Å². The first-order valence-electron chi connectivity index (χ1n) is 6.28. The highest BCUT2D eigenvalue weighted by atomic mass is 35.5. The molecule has 2 aromatic heterocycles. The number of pyridine rings is 1. The molecule has 0 unspecified atom stereocenters. The molecule has 3 rings (SSSR count). The van der Waals surface area contributed by atoms with E-state index in [4.69, 9.17) is 27.6 Å². The van der Waals surface area contributed by atoms with E-state index in [2.05, 4.69) is 10.3 Å². The number of anilines is 1. The number of nitrogens with zero attached hydrogens (tertiary/aromatic N) is 1. The summed E-state index contributed by atoms with van der Waals surface area (Å²) in [4.78, 5) is 4.46. The SMILES string of the molecule is CCNc1nc(-c2cc3ccccc3o2)c(Cl)cc1Cl. The number of aromatic nitrogens is 1. The van der Waals surface area contributed by atoms with Gasteiger partial charge in [0.1, 0.15) is 17.1 Å². The Kier molecular flexibility index (Phi) is 3.55. The molecule has 0 atom stereocenters. The number of benzene rings is 1. The fourth-order valence-electron chi connectivity index (χ4n) is 2.03. The molecule has 102 valence electrons. The Balaban J connectivity index is 2.15. The molecule has 3 nitrogen and oxygen atoms in total. The molecule has 0 saturated carbocycles. The summed E-state index contributed by atoms with van der Waals surface area (Å²) in [5.74, 6) is 1.24. The number of halogens is 2. The molecule has 0 aliphatic rings. The van der Waals surface area contributed by atoms with Crippen molar-refractivity contribution in [3.05, 3.63) is 46.4 Å². The van der Waals surface area contributed by atoms with E-state index in [9.17, 15) is 0 Å². The van der Waals surface area contributed by atoms with Gasteiger partial charge in [-0.1, -0.05) is 41.4 Å². The molecule has 1 N–H and O–H groups in total. The van der Waals surface area contributed by atoms with Crippen LogP contribution in [-0.2, 0) is 0 Å². The maximum absolute atomic E-state index is 6.23. The van der Waals surface area contributed by atoms with E-state index in [-0.39, 0.29) is 0 Å². The zero-order chi connectivity index (χ0) is 14.1. The summed E-state index contributed by atoms with van der Waals surface area (Å²) in [7, 11) is 0. The predicted molar refractivity (Wildman–Crippen MR) is 83.6 cm³/mol. The minimum atomic E-state index is 0.468. The maximum atomic E-state index is 6.23. The largest absolute Gasteiger partial charge is 0.454 e. The highest BCUT2D eigenvalue weighted by Crippen LogP contribution is 2.35. The topological polar surface area (TPSA) is 38.1 Å². The number of nitrogens with one attached hydrogen (secondary N) is 1. The molecule has 0 aliphatic heterocycles. The standard InChI is InChI=1S/C15H12Cl2N2O/c1-2-18-15-11(17)8-10(16)14(19-15)13-7-9-5-3-4-6-12(9)20-13/h3-8H,2H2,1H3,(H,18,19). The quantitative estimate of drug-likeness (QED) is 0.719. The number of fused-ring (bicyclic) bond motifs is 1. The lowest BCUT2D eigenvalue weighted by Crippen LogP contribution is -2.01. The van der Waals surface area contributed by atoms with Crippen LogP contribution in [0.4, 0.5) is 5.82 Å². The monoisotopic (exact) mass is 306 g/mol. The Hall–Kier alpha value is -1.71. The zero-order valence-corrected chi connectivity index (χ0v) is 12.3. The Morgan fingerprint density at radius 2 is 1.95 bits per heavy atom. The van der Waals surface area contributed by atoms with Crippen LogP contribution in [0.3, 0.4) is 0 Å².